The van der Waals surface area contributed by atoms with Crippen molar-refractivity contribution >= 4 is 27.1 Å². The minimum Gasteiger partial charge on any atom is -0.338 e. The number of rotatable bonds is 2. The van der Waals surface area contributed by atoms with Gasteiger partial charge < -0.3 is 4.90 Å². The van der Waals surface area contributed by atoms with Gasteiger partial charge in [0.1, 0.15) is 0 Å². The van der Waals surface area contributed by atoms with Crippen LogP contribution >= 0.6 is 11.3 Å². The Kier molecular flexibility index (Phi) is 4.69. The number of carbonyl (C=O) groups excluding carboxylic acids is 1. The van der Waals surface area contributed by atoms with Gasteiger partial charge in [0.2, 0.25) is 0 Å². The molecule has 1 atom stereocenters. The minimum absolute atomic E-state index is 0.0147. The molecule has 1 aliphatic rings. The fraction of sp³-hybridized carbons (Fsp3) is 0.312. The standard InChI is InChI=1S/C16H15F2NO3S2/c17-12-4-3-11(10-13(12)18)16(20)19-6-5-15(14-2-1-8-23-14)24(21,22)9-7-19/h1-4,8,10,15H,5-7,9H2. The molecule has 1 fully saturated rings. The number of hydrogen-bond acceptors (Lipinski definition) is 4. The van der Waals surface area contributed by atoms with Crippen LogP contribution in [0.4, 0.5) is 8.78 Å². The normalized spacial score (nSPS) is 20.6. The zero-order valence-corrected chi connectivity index (χ0v) is 14.2. The summed E-state index contributed by atoms with van der Waals surface area (Å²) in [6.45, 7) is 0.293. The van der Waals surface area contributed by atoms with Crippen molar-refractivity contribution in [1.29, 1.82) is 0 Å². The first-order valence-electron chi connectivity index (χ1n) is 7.38. The highest BCUT2D eigenvalue weighted by atomic mass is 32.2. The van der Waals surface area contributed by atoms with Gasteiger partial charge in [0.05, 0.1) is 11.0 Å². The van der Waals surface area contributed by atoms with Crippen LogP contribution in [0.1, 0.15) is 26.9 Å². The maximum atomic E-state index is 13.3. The Hall–Kier alpha value is -1.80. The summed E-state index contributed by atoms with van der Waals surface area (Å²) in [5.41, 5.74) is 0.0147. The van der Waals surface area contributed by atoms with Crippen molar-refractivity contribution in [2.24, 2.45) is 0 Å². The summed E-state index contributed by atoms with van der Waals surface area (Å²) in [5.74, 6) is -2.76. The number of carbonyl (C=O) groups is 1. The molecular formula is C16H15F2NO3S2. The summed E-state index contributed by atoms with van der Waals surface area (Å²) in [5, 5.41) is 1.19. The predicted molar refractivity (Wildman–Crippen MR) is 87.7 cm³/mol. The van der Waals surface area contributed by atoms with E-state index in [0.29, 0.717) is 0 Å². The average Bonchev–Trinajstić information content (AvgIpc) is 3.01. The fourth-order valence-electron chi connectivity index (χ4n) is 2.75. The van der Waals surface area contributed by atoms with Crippen molar-refractivity contribution in [2.45, 2.75) is 11.7 Å². The third kappa shape index (κ3) is 3.34. The Morgan fingerprint density at radius 1 is 1.17 bits per heavy atom. The van der Waals surface area contributed by atoms with E-state index in [1.54, 1.807) is 12.1 Å². The van der Waals surface area contributed by atoms with Gasteiger partial charge in [0, 0.05) is 23.5 Å². The molecule has 1 aromatic heterocycles. The molecule has 1 unspecified atom stereocenters. The molecule has 2 heterocycles. The molecule has 0 aliphatic carbocycles. The van der Waals surface area contributed by atoms with Crippen LogP contribution in [0.3, 0.4) is 0 Å². The van der Waals surface area contributed by atoms with Gasteiger partial charge in [-0.25, -0.2) is 17.2 Å². The molecule has 0 bridgehead atoms. The second-order valence-corrected chi connectivity index (χ2v) is 8.86. The quantitative estimate of drug-likeness (QED) is 0.815. The summed E-state index contributed by atoms with van der Waals surface area (Å²) >= 11 is 1.38. The van der Waals surface area contributed by atoms with E-state index in [9.17, 15) is 22.0 Å². The van der Waals surface area contributed by atoms with Crippen LogP contribution in [-0.4, -0.2) is 38.1 Å². The summed E-state index contributed by atoms with van der Waals surface area (Å²) in [4.78, 5) is 14.6. The van der Waals surface area contributed by atoms with E-state index >= 15 is 0 Å². The van der Waals surface area contributed by atoms with E-state index in [1.165, 1.54) is 22.3 Å². The Bertz CT molecular complexity index is 850. The number of hydrogen-bond donors (Lipinski definition) is 0. The smallest absolute Gasteiger partial charge is 0.253 e. The number of amides is 1. The largest absolute Gasteiger partial charge is 0.338 e. The molecule has 2 aromatic rings. The van der Waals surface area contributed by atoms with Crippen molar-refractivity contribution in [1.82, 2.24) is 4.90 Å². The Labute approximate surface area is 142 Å². The van der Waals surface area contributed by atoms with Gasteiger partial charge in [-0.1, -0.05) is 6.07 Å². The number of nitrogens with zero attached hydrogens (tertiary/aromatic N) is 1. The van der Waals surface area contributed by atoms with Crippen molar-refractivity contribution in [3.8, 4) is 0 Å². The molecule has 0 radical (unpaired) electrons. The maximum absolute atomic E-state index is 13.3. The summed E-state index contributed by atoms with van der Waals surface area (Å²) in [6.07, 6.45) is 0.290. The molecule has 4 nitrogen and oxygen atoms in total. The molecule has 0 N–H and O–H groups in total. The van der Waals surface area contributed by atoms with Gasteiger partial charge in [-0.05, 0) is 36.1 Å². The van der Waals surface area contributed by atoms with Crippen LogP contribution in [0.2, 0.25) is 0 Å². The van der Waals surface area contributed by atoms with Crippen LogP contribution in [0.5, 0.6) is 0 Å². The average molecular weight is 371 g/mol. The first-order valence-corrected chi connectivity index (χ1v) is 9.97. The maximum Gasteiger partial charge on any atom is 0.253 e. The van der Waals surface area contributed by atoms with Gasteiger partial charge >= 0.3 is 0 Å². The third-order valence-corrected chi connectivity index (χ3v) is 7.30. The molecule has 1 saturated heterocycles. The van der Waals surface area contributed by atoms with Gasteiger partial charge in [-0.15, -0.1) is 11.3 Å². The van der Waals surface area contributed by atoms with E-state index in [0.717, 1.165) is 17.0 Å². The Morgan fingerprint density at radius 2 is 1.96 bits per heavy atom. The van der Waals surface area contributed by atoms with Gasteiger partial charge in [-0.2, -0.15) is 0 Å². The lowest BCUT2D eigenvalue weighted by atomic mass is 10.1. The zero-order valence-electron chi connectivity index (χ0n) is 12.6. The lowest BCUT2D eigenvalue weighted by molar-refractivity contribution is 0.0766. The number of thiophene rings is 1. The molecule has 1 aromatic carbocycles. The molecule has 1 amide bonds. The van der Waals surface area contributed by atoms with Crippen LogP contribution in [-0.2, 0) is 9.84 Å². The third-order valence-electron chi connectivity index (χ3n) is 4.05. The lowest BCUT2D eigenvalue weighted by Crippen LogP contribution is -2.33. The monoisotopic (exact) mass is 371 g/mol. The Morgan fingerprint density at radius 3 is 2.62 bits per heavy atom. The highest BCUT2D eigenvalue weighted by molar-refractivity contribution is 7.91. The van der Waals surface area contributed by atoms with Crippen molar-refractivity contribution in [3.63, 3.8) is 0 Å². The van der Waals surface area contributed by atoms with Crippen LogP contribution < -0.4 is 0 Å². The molecule has 24 heavy (non-hydrogen) atoms. The van der Waals surface area contributed by atoms with Crippen LogP contribution in [0.15, 0.2) is 35.7 Å². The number of benzene rings is 1. The van der Waals surface area contributed by atoms with E-state index in [-0.39, 0.29) is 30.8 Å². The molecule has 3 rings (SSSR count). The predicted octanol–water partition coefficient (Wildman–Crippen LogP) is 3.03. The first-order chi connectivity index (χ1) is 11.4. The molecule has 0 spiro atoms. The fourth-order valence-corrected chi connectivity index (χ4v) is 5.76. The zero-order chi connectivity index (χ0) is 17.3. The van der Waals surface area contributed by atoms with Crippen LogP contribution in [0, 0.1) is 11.6 Å². The van der Waals surface area contributed by atoms with E-state index in [4.69, 9.17) is 0 Å². The topological polar surface area (TPSA) is 54.5 Å². The summed E-state index contributed by atoms with van der Waals surface area (Å²) in [6, 6.07) is 6.51. The second kappa shape index (κ2) is 6.60. The highest BCUT2D eigenvalue weighted by Crippen LogP contribution is 2.32. The number of sulfone groups is 1. The lowest BCUT2D eigenvalue weighted by Gasteiger charge is -2.20. The Balaban J connectivity index is 1.82. The van der Waals surface area contributed by atoms with E-state index in [1.807, 2.05) is 5.38 Å². The van der Waals surface area contributed by atoms with Crippen molar-refractivity contribution in [2.75, 3.05) is 18.8 Å². The molecule has 0 saturated carbocycles. The molecular weight excluding hydrogens is 356 g/mol. The first kappa shape index (κ1) is 17.0. The molecule has 128 valence electrons. The van der Waals surface area contributed by atoms with Gasteiger partial charge in [0.25, 0.3) is 5.91 Å². The minimum atomic E-state index is -3.36. The van der Waals surface area contributed by atoms with Gasteiger partial charge in [-0.3, -0.25) is 4.79 Å². The molecule has 8 heteroatoms. The summed E-state index contributed by atoms with van der Waals surface area (Å²) in [7, 11) is -3.36. The van der Waals surface area contributed by atoms with E-state index in [2.05, 4.69) is 0 Å². The van der Waals surface area contributed by atoms with Crippen molar-refractivity contribution < 1.29 is 22.0 Å². The van der Waals surface area contributed by atoms with Crippen LogP contribution in [0.25, 0.3) is 0 Å². The van der Waals surface area contributed by atoms with Gasteiger partial charge in [0.15, 0.2) is 21.5 Å². The SMILES string of the molecule is O=C(c1ccc(F)c(F)c1)N1CCC(c2cccs2)S(=O)(=O)CC1. The van der Waals surface area contributed by atoms with E-state index < -0.39 is 32.6 Å². The second-order valence-electron chi connectivity index (χ2n) is 5.58. The van der Waals surface area contributed by atoms with Crippen molar-refractivity contribution in [3.05, 3.63) is 57.8 Å². The highest BCUT2D eigenvalue weighted by Gasteiger charge is 2.33. The molecule has 1 aliphatic heterocycles. The number of halogens is 2. The summed E-state index contributed by atoms with van der Waals surface area (Å²) < 4.78 is 51.2.